The van der Waals surface area contributed by atoms with E-state index in [1.54, 1.807) is 19.1 Å². The molecule has 0 aliphatic heterocycles. The minimum Gasteiger partial charge on any atom is -0.504 e. The van der Waals surface area contributed by atoms with Gasteiger partial charge in [-0.1, -0.05) is 6.07 Å². The van der Waals surface area contributed by atoms with Crippen LogP contribution in [0.5, 0.6) is 11.5 Å². The van der Waals surface area contributed by atoms with E-state index in [2.05, 4.69) is 5.32 Å². The smallest absolute Gasteiger partial charge is 0.341 e. The Labute approximate surface area is 178 Å². The summed E-state index contributed by atoms with van der Waals surface area (Å²) in [5, 5.41) is 22.5. The van der Waals surface area contributed by atoms with Gasteiger partial charge in [-0.05, 0) is 61.9 Å². The summed E-state index contributed by atoms with van der Waals surface area (Å²) in [5.41, 5.74) is 1.64. The van der Waals surface area contributed by atoms with Gasteiger partial charge in [0.1, 0.15) is 16.6 Å². The molecular weight excluding hydrogens is 404 g/mol. The number of nitriles is 1. The number of nitrogens with one attached hydrogen (secondary N) is 1. The zero-order chi connectivity index (χ0) is 21.7. The Morgan fingerprint density at radius 2 is 2.10 bits per heavy atom. The number of aromatic hydroxyl groups is 1. The predicted molar refractivity (Wildman–Crippen MR) is 114 cm³/mol. The van der Waals surface area contributed by atoms with Crippen LogP contribution >= 0.6 is 11.3 Å². The third kappa shape index (κ3) is 4.47. The lowest BCUT2D eigenvalue weighted by Crippen LogP contribution is -2.16. The SMILES string of the molecule is CCOC(=O)c1c(NC(=O)/C(C#N)=C/c2ccc(OC)c(O)c2)sc2c1CCCC2. The number of ether oxygens (including phenoxy) is 2. The van der Waals surface area contributed by atoms with E-state index >= 15 is 0 Å². The van der Waals surface area contributed by atoms with Crippen LogP contribution in [0.1, 0.15) is 46.1 Å². The van der Waals surface area contributed by atoms with E-state index in [1.165, 1.54) is 30.6 Å². The van der Waals surface area contributed by atoms with Crippen LogP contribution in [-0.2, 0) is 22.4 Å². The van der Waals surface area contributed by atoms with Gasteiger partial charge in [-0.2, -0.15) is 5.26 Å². The lowest BCUT2D eigenvalue weighted by molar-refractivity contribution is -0.112. The van der Waals surface area contributed by atoms with Crippen LogP contribution in [0.4, 0.5) is 5.00 Å². The van der Waals surface area contributed by atoms with Gasteiger partial charge in [-0.25, -0.2) is 4.79 Å². The molecule has 0 unspecified atom stereocenters. The van der Waals surface area contributed by atoms with Crippen molar-refractivity contribution in [2.45, 2.75) is 32.6 Å². The summed E-state index contributed by atoms with van der Waals surface area (Å²) < 4.78 is 10.2. The molecule has 0 saturated carbocycles. The number of hydrogen-bond donors (Lipinski definition) is 2. The first kappa shape index (κ1) is 21.4. The molecule has 1 aliphatic rings. The van der Waals surface area contributed by atoms with E-state index in [-0.39, 0.29) is 17.9 Å². The van der Waals surface area contributed by atoms with Crippen molar-refractivity contribution in [2.75, 3.05) is 19.0 Å². The molecule has 7 nitrogen and oxygen atoms in total. The number of anilines is 1. The molecule has 0 atom stereocenters. The summed E-state index contributed by atoms with van der Waals surface area (Å²) in [6.45, 7) is 1.97. The van der Waals surface area contributed by atoms with Crippen LogP contribution in [0, 0.1) is 11.3 Å². The lowest BCUT2D eigenvalue weighted by atomic mass is 9.95. The van der Waals surface area contributed by atoms with Crippen LogP contribution in [0.3, 0.4) is 0 Å². The summed E-state index contributed by atoms with van der Waals surface area (Å²) in [5.74, 6) is -0.899. The second kappa shape index (κ2) is 9.46. The normalized spacial score (nSPS) is 13.2. The van der Waals surface area contributed by atoms with Gasteiger partial charge < -0.3 is 19.9 Å². The number of amides is 1. The number of esters is 1. The van der Waals surface area contributed by atoms with Gasteiger partial charge in [0.2, 0.25) is 0 Å². The number of phenolic OH excluding ortho intramolecular Hbond substituents is 1. The highest BCUT2D eigenvalue weighted by atomic mass is 32.1. The maximum Gasteiger partial charge on any atom is 0.341 e. The van der Waals surface area contributed by atoms with Gasteiger partial charge >= 0.3 is 5.97 Å². The number of methoxy groups -OCH3 is 1. The molecule has 1 aliphatic carbocycles. The topological polar surface area (TPSA) is 109 Å². The van der Waals surface area contributed by atoms with Gasteiger partial charge in [0.15, 0.2) is 11.5 Å². The van der Waals surface area contributed by atoms with Crippen molar-refractivity contribution in [3.63, 3.8) is 0 Å². The summed E-state index contributed by atoms with van der Waals surface area (Å²) in [6.07, 6.45) is 5.00. The van der Waals surface area contributed by atoms with Crippen molar-refractivity contribution in [1.82, 2.24) is 0 Å². The van der Waals surface area contributed by atoms with Gasteiger partial charge in [-0.3, -0.25) is 4.79 Å². The fourth-order valence-electron chi connectivity index (χ4n) is 3.36. The molecule has 0 spiro atoms. The quantitative estimate of drug-likeness (QED) is 0.410. The maximum atomic E-state index is 12.8. The average Bonchev–Trinajstić information content (AvgIpc) is 3.10. The van der Waals surface area contributed by atoms with Crippen LogP contribution in [0.2, 0.25) is 0 Å². The van der Waals surface area contributed by atoms with Crippen molar-refractivity contribution in [2.24, 2.45) is 0 Å². The number of fused-ring (bicyclic) bond motifs is 1. The largest absolute Gasteiger partial charge is 0.504 e. The Kier molecular flexibility index (Phi) is 6.75. The van der Waals surface area contributed by atoms with Crippen molar-refractivity contribution in [1.29, 1.82) is 5.26 Å². The fourth-order valence-corrected chi connectivity index (χ4v) is 4.63. The average molecular weight is 426 g/mol. The molecule has 0 radical (unpaired) electrons. The monoisotopic (exact) mass is 426 g/mol. The number of aryl methyl sites for hydroxylation is 1. The van der Waals surface area contributed by atoms with E-state index in [0.29, 0.717) is 21.9 Å². The van der Waals surface area contributed by atoms with Gasteiger partial charge in [0, 0.05) is 4.88 Å². The first-order valence-electron chi connectivity index (χ1n) is 9.60. The number of carbonyl (C=O) groups excluding carboxylic acids is 2. The molecule has 8 heteroatoms. The third-order valence-corrected chi connectivity index (χ3v) is 5.96. The maximum absolute atomic E-state index is 12.8. The zero-order valence-corrected chi connectivity index (χ0v) is 17.6. The van der Waals surface area contributed by atoms with Crippen molar-refractivity contribution in [3.05, 3.63) is 45.3 Å². The molecule has 2 N–H and O–H groups in total. The number of phenols is 1. The van der Waals surface area contributed by atoms with E-state index in [1.807, 2.05) is 6.07 Å². The summed E-state index contributed by atoms with van der Waals surface area (Å²) in [7, 11) is 1.43. The van der Waals surface area contributed by atoms with E-state index < -0.39 is 11.9 Å². The molecule has 3 rings (SSSR count). The Morgan fingerprint density at radius 3 is 2.77 bits per heavy atom. The standard InChI is InChI=1S/C22H22N2O5S/c1-3-29-22(27)19-15-6-4-5-7-18(15)30-21(19)24-20(26)14(12-23)10-13-8-9-17(28-2)16(25)11-13/h8-11,25H,3-7H2,1-2H3,(H,24,26)/b14-10+. The van der Waals surface area contributed by atoms with E-state index in [4.69, 9.17) is 9.47 Å². The van der Waals surface area contributed by atoms with Gasteiger partial charge in [-0.15, -0.1) is 11.3 Å². The number of nitrogens with zero attached hydrogens (tertiary/aromatic N) is 1. The second-order valence-electron chi connectivity index (χ2n) is 6.69. The van der Waals surface area contributed by atoms with Crippen molar-refractivity contribution < 1.29 is 24.2 Å². The minimum atomic E-state index is -0.628. The molecule has 1 aromatic carbocycles. The molecule has 0 saturated heterocycles. The summed E-state index contributed by atoms with van der Waals surface area (Å²) in [4.78, 5) is 26.4. The first-order valence-corrected chi connectivity index (χ1v) is 10.4. The lowest BCUT2D eigenvalue weighted by Gasteiger charge is -2.12. The number of hydrogen-bond acceptors (Lipinski definition) is 7. The van der Waals surface area contributed by atoms with E-state index in [0.717, 1.165) is 36.1 Å². The van der Waals surface area contributed by atoms with Crippen LogP contribution in [0.25, 0.3) is 6.08 Å². The number of carbonyl (C=O) groups is 2. The number of benzene rings is 1. The first-order chi connectivity index (χ1) is 14.5. The van der Waals surface area contributed by atoms with Gasteiger partial charge in [0.05, 0.1) is 19.3 Å². The van der Waals surface area contributed by atoms with Crippen molar-refractivity contribution >= 4 is 34.3 Å². The van der Waals surface area contributed by atoms with Crippen molar-refractivity contribution in [3.8, 4) is 17.6 Å². The Bertz CT molecular complexity index is 1050. The highest BCUT2D eigenvalue weighted by Gasteiger charge is 2.27. The molecule has 1 aromatic heterocycles. The molecular formula is C22H22N2O5S. The third-order valence-electron chi connectivity index (χ3n) is 4.76. The molecule has 1 amide bonds. The zero-order valence-electron chi connectivity index (χ0n) is 16.8. The molecule has 156 valence electrons. The highest BCUT2D eigenvalue weighted by Crippen LogP contribution is 2.39. The molecule has 1 heterocycles. The van der Waals surface area contributed by atoms with Gasteiger partial charge in [0.25, 0.3) is 5.91 Å². The van der Waals surface area contributed by atoms with E-state index in [9.17, 15) is 20.0 Å². The number of thiophene rings is 1. The van der Waals surface area contributed by atoms with Crippen LogP contribution in [0.15, 0.2) is 23.8 Å². The highest BCUT2D eigenvalue weighted by molar-refractivity contribution is 7.17. The molecule has 30 heavy (non-hydrogen) atoms. The Hall–Kier alpha value is -3.31. The minimum absolute atomic E-state index is 0.0977. The van der Waals surface area contributed by atoms with Crippen LogP contribution in [-0.4, -0.2) is 30.7 Å². The summed E-state index contributed by atoms with van der Waals surface area (Å²) >= 11 is 1.36. The molecule has 0 fully saturated rings. The second-order valence-corrected chi connectivity index (χ2v) is 7.80. The Morgan fingerprint density at radius 1 is 1.33 bits per heavy atom. The summed E-state index contributed by atoms with van der Waals surface area (Å²) in [6, 6.07) is 6.44. The molecule has 2 aromatic rings. The number of rotatable bonds is 6. The fraction of sp³-hybridized carbons (Fsp3) is 0.318. The van der Waals surface area contributed by atoms with Crippen LogP contribution < -0.4 is 10.1 Å². The Balaban J connectivity index is 1.90. The predicted octanol–water partition coefficient (Wildman–Crippen LogP) is 4.06. The molecule has 0 bridgehead atoms.